The Labute approximate surface area is 140 Å². The summed E-state index contributed by atoms with van der Waals surface area (Å²) >= 11 is 0. The first-order valence-electron chi connectivity index (χ1n) is 8.98. The Balaban J connectivity index is 3.75. The third-order valence-corrected chi connectivity index (χ3v) is 12.9. The Morgan fingerprint density at radius 1 is 0.773 bits per heavy atom. The number of hydrogen-bond acceptors (Lipinski definition) is 0. The molecule has 0 heterocycles. The van der Waals surface area contributed by atoms with E-state index in [4.69, 9.17) is 0 Å². The molecule has 0 saturated carbocycles. The average molecular weight is 319 g/mol. The smallest absolute Gasteiger partial charge is 0.0648 e. The third-order valence-electron chi connectivity index (χ3n) is 5.84. The standard InChI is InChI=1S/C21H38Si/c1-14(2)22(15(3)4,16(5)6)19-12-17(7)18(8)20(13-19)21(9,10)11/h12-16H,1-11H3. The molecule has 22 heavy (non-hydrogen) atoms. The van der Waals surface area contributed by atoms with Crippen LogP contribution in [0.5, 0.6) is 0 Å². The van der Waals surface area contributed by atoms with Crippen molar-refractivity contribution in [1.82, 2.24) is 0 Å². The lowest BCUT2D eigenvalue weighted by atomic mass is 9.83. The lowest BCUT2D eigenvalue weighted by Gasteiger charge is -2.44. The maximum Gasteiger partial charge on any atom is 0.0942 e. The van der Waals surface area contributed by atoms with Crippen molar-refractivity contribution >= 4 is 13.3 Å². The number of aryl methyl sites for hydroxylation is 1. The topological polar surface area (TPSA) is 0 Å². The van der Waals surface area contributed by atoms with Gasteiger partial charge in [-0.3, -0.25) is 0 Å². The first kappa shape index (κ1) is 19.5. The Kier molecular flexibility index (Phi) is 5.77. The van der Waals surface area contributed by atoms with Gasteiger partial charge in [-0.1, -0.05) is 79.6 Å². The van der Waals surface area contributed by atoms with Crippen molar-refractivity contribution in [3.05, 3.63) is 28.8 Å². The molecule has 0 unspecified atom stereocenters. The Hall–Kier alpha value is -0.563. The van der Waals surface area contributed by atoms with Crippen LogP contribution in [0.15, 0.2) is 12.1 Å². The number of benzene rings is 1. The predicted octanol–water partition coefficient (Wildman–Crippen LogP) is 6.49. The van der Waals surface area contributed by atoms with Crippen LogP contribution in [0, 0.1) is 13.8 Å². The predicted molar refractivity (Wildman–Crippen MR) is 105 cm³/mol. The molecule has 0 saturated heterocycles. The first-order valence-corrected chi connectivity index (χ1v) is 11.2. The van der Waals surface area contributed by atoms with Crippen molar-refractivity contribution in [3.8, 4) is 0 Å². The minimum absolute atomic E-state index is 0.218. The van der Waals surface area contributed by atoms with Gasteiger partial charge in [0.15, 0.2) is 0 Å². The lowest BCUT2D eigenvalue weighted by molar-refractivity contribution is 0.585. The minimum Gasteiger partial charge on any atom is -0.0648 e. The highest BCUT2D eigenvalue weighted by atomic mass is 28.3. The van der Waals surface area contributed by atoms with Crippen LogP contribution in [0.4, 0.5) is 0 Å². The molecular weight excluding hydrogens is 280 g/mol. The van der Waals surface area contributed by atoms with Gasteiger partial charge in [0.25, 0.3) is 0 Å². The van der Waals surface area contributed by atoms with Crippen molar-refractivity contribution in [2.24, 2.45) is 0 Å². The van der Waals surface area contributed by atoms with Crippen LogP contribution in [0.1, 0.15) is 79.0 Å². The highest BCUT2D eigenvalue weighted by Crippen LogP contribution is 2.42. The van der Waals surface area contributed by atoms with E-state index in [1.165, 1.54) is 11.1 Å². The zero-order chi connectivity index (χ0) is 17.5. The van der Waals surface area contributed by atoms with Crippen LogP contribution in [0.25, 0.3) is 0 Å². The van der Waals surface area contributed by atoms with E-state index >= 15 is 0 Å². The first-order chi connectivity index (χ1) is 9.86. The zero-order valence-electron chi connectivity index (χ0n) is 16.9. The summed E-state index contributed by atoms with van der Waals surface area (Å²) in [6.07, 6.45) is 0. The average Bonchev–Trinajstić information content (AvgIpc) is 2.30. The van der Waals surface area contributed by atoms with E-state index < -0.39 is 8.07 Å². The summed E-state index contributed by atoms with van der Waals surface area (Å²) in [5.41, 5.74) is 7.01. The summed E-state index contributed by atoms with van der Waals surface area (Å²) in [4.78, 5) is 0. The van der Waals surface area contributed by atoms with Crippen LogP contribution in [0.2, 0.25) is 16.6 Å². The fraction of sp³-hybridized carbons (Fsp3) is 0.714. The summed E-state index contributed by atoms with van der Waals surface area (Å²) in [6, 6.07) is 5.10. The van der Waals surface area contributed by atoms with E-state index in [1.807, 2.05) is 0 Å². The maximum absolute atomic E-state index is 2.58. The monoisotopic (exact) mass is 318 g/mol. The molecule has 1 aromatic rings. The van der Waals surface area contributed by atoms with Gasteiger partial charge in [-0.05, 0) is 52.6 Å². The highest BCUT2D eigenvalue weighted by Gasteiger charge is 2.44. The van der Waals surface area contributed by atoms with Crippen LogP contribution in [-0.4, -0.2) is 8.07 Å². The second-order valence-electron chi connectivity index (χ2n) is 9.11. The molecule has 126 valence electrons. The van der Waals surface area contributed by atoms with Gasteiger partial charge in [0.1, 0.15) is 0 Å². The molecule has 0 amide bonds. The van der Waals surface area contributed by atoms with E-state index in [0.29, 0.717) is 0 Å². The van der Waals surface area contributed by atoms with Crippen LogP contribution in [0.3, 0.4) is 0 Å². The maximum atomic E-state index is 2.58. The van der Waals surface area contributed by atoms with Crippen molar-refractivity contribution in [2.45, 2.75) is 98.2 Å². The molecule has 0 fully saturated rings. The molecule has 0 aliphatic rings. The summed E-state index contributed by atoms with van der Waals surface area (Å²) in [7, 11) is -1.57. The fourth-order valence-electron chi connectivity index (χ4n) is 4.89. The molecule has 1 aromatic carbocycles. The molecule has 0 atom stereocenters. The molecule has 0 nitrogen and oxygen atoms in total. The normalized spacial score (nSPS) is 13.5. The van der Waals surface area contributed by atoms with Gasteiger partial charge in [0, 0.05) is 0 Å². The largest absolute Gasteiger partial charge is 0.0942 e. The molecule has 0 aliphatic carbocycles. The molecule has 0 radical (unpaired) electrons. The molecule has 1 rings (SSSR count). The highest BCUT2D eigenvalue weighted by molar-refractivity contribution is 6.95. The van der Waals surface area contributed by atoms with Crippen molar-refractivity contribution in [2.75, 3.05) is 0 Å². The minimum atomic E-state index is -1.57. The van der Waals surface area contributed by atoms with Gasteiger partial charge >= 0.3 is 0 Å². The second kappa shape index (κ2) is 6.51. The molecule has 1 heteroatoms. The summed E-state index contributed by atoms with van der Waals surface area (Å²) in [6.45, 7) is 26.4. The fourth-order valence-corrected chi connectivity index (χ4v) is 11.7. The Morgan fingerprint density at radius 2 is 1.18 bits per heavy atom. The van der Waals surface area contributed by atoms with Gasteiger partial charge in [-0.15, -0.1) is 0 Å². The zero-order valence-corrected chi connectivity index (χ0v) is 17.9. The third kappa shape index (κ3) is 3.20. The van der Waals surface area contributed by atoms with E-state index in [9.17, 15) is 0 Å². The quantitative estimate of drug-likeness (QED) is 0.557. The van der Waals surface area contributed by atoms with Gasteiger partial charge in [0.05, 0.1) is 8.07 Å². The SMILES string of the molecule is Cc1cc([Si](C(C)C)(C(C)C)C(C)C)cc(C(C)(C)C)c1C. The van der Waals surface area contributed by atoms with Crippen LogP contribution >= 0.6 is 0 Å². The Bertz CT molecular complexity index is 494. The van der Waals surface area contributed by atoms with E-state index in [-0.39, 0.29) is 5.41 Å². The van der Waals surface area contributed by atoms with Crippen molar-refractivity contribution in [1.29, 1.82) is 0 Å². The number of rotatable bonds is 4. The Morgan fingerprint density at radius 3 is 1.50 bits per heavy atom. The summed E-state index contributed by atoms with van der Waals surface area (Å²) in [5.74, 6) is 0. The van der Waals surface area contributed by atoms with Gasteiger partial charge in [-0.2, -0.15) is 0 Å². The van der Waals surface area contributed by atoms with Crippen LogP contribution in [-0.2, 0) is 5.41 Å². The molecule has 0 aliphatic heterocycles. The molecular formula is C21H38Si. The van der Waals surface area contributed by atoms with Gasteiger partial charge < -0.3 is 0 Å². The summed E-state index contributed by atoms with van der Waals surface area (Å²) in [5, 5.41) is 1.68. The van der Waals surface area contributed by atoms with E-state index in [2.05, 4.69) is 88.3 Å². The van der Waals surface area contributed by atoms with Crippen molar-refractivity contribution < 1.29 is 0 Å². The van der Waals surface area contributed by atoms with Gasteiger partial charge in [-0.25, -0.2) is 0 Å². The van der Waals surface area contributed by atoms with Crippen LogP contribution < -0.4 is 5.19 Å². The van der Waals surface area contributed by atoms with Gasteiger partial charge in [0.2, 0.25) is 0 Å². The van der Waals surface area contributed by atoms with E-state index in [0.717, 1.165) is 16.6 Å². The van der Waals surface area contributed by atoms with Crippen molar-refractivity contribution in [3.63, 3.8) is 0 Å². The molecule has 0 aromatic heterocycles. The summed E-state index contributed by atoms with van der Waals surface area (Å²) < 4.78 is 0. The molecule has 0 spiro atoms. The molecule has 0 bridgehead atoms. The number of hydrogen-bond donors (Lipinski definition) is 0. The van der Waals surface area contributed by atoms with E-state index in [1.54, 1.807) is 10.8 Å². The lowest BCUT2D eigenvalue weighted by Crippen LogP contribution is -2.56. The second-order valence-corrected chi connectivity index (χ2v) is 15.0. The molecule has 0 N–H and O–H groups in total.